The minimum absolute atomic E-state index is 0.743. The third-order valence-electron chi connectivity index (χ3n) is 3.21. The molecule has 1 spiro atoms. The highest BCUT2D eigenvalue weighted by Crippen LogP contribution is 2.57. The van der Waals surface area contributed by atoms with Crippen molar-refractivity contribution in [2.75, 3.05) is 13.1 Å². The molecule has 2 fully saturated rings. The molecule has 2 aliphatic heterocycles. The lowest BCUT2D eigenvalue weighted by Gasteiger charge is -2.13. The first-order chi connectivity index (χ1) is 5.27. The standard InChI is InChI=1S/C10H13N/c1-8-4-9-5-10(2-3-10)7-11(9)6-8/h4H,1-3,5-7H2. The lowest BCUT2D eigenvalue weighted by atomic mass is 10.1. The van der Waals surface area contributed by atoms with Gasteiger partial charge in [-0.3, -0.25) is 0 Å². The van der Waals surface area contributed by atoms with Crippen molar-refractivity contribution in [3.63, 3.8) is 0 Å². The summed E-state index contributed by atoms with van der Waals surface area (Å²) in [4.78, 5) is 2.51. The molecule has 11 heavy (non-hydrogen) atoms. The maximum absolute atomic E-state index is 3.99. The SMILES string of the molecule is C=C1C=C2CC3(CC3)CN2C1. The molecule has 1 heteroatoms. The third-order valence-corrected chi connectivity index (χ3v) is 3.21. The summed E-state index contributed by atoms with van der Waals surface area (Å²) in [5, 5.41) is 0. The normalized spacial score (nSPS) is 31.1. The van der Waals surface area contributed by atoms with Gasteiger partial charge in [-0.15, -0.1) is 0 Å². The number of hydrogen-bond acceptors (Lipinski definition) is 1. The maximum Gasteiger partial charge on any atom is 0.0421 e. The summed E-state index contributed by atoms with van der Waals surface area (Å²) in [5.41, 5.74) is 3.61. The monoisotopic (exact) mass is 147 g/mol. The van der Waals surface area contributed by atoms with Gasteiger partial charge in [-0.05, 0) is 36.3 Å². The van der Waals surface area contributed by atoms with Crippen molar-refractivity contribution in [3.05, 3.63) is 23.9 Å². The predicted molar refractivity (Wildman–Crippen MR) is 45.1 cm³/mol. The van der Waals surface area contributed by atoms with E-state index in [1.807, 2.05) is 0 Å². The van der Waals surface area contributed by atoms with E-state index in [0.29, 0.717) is 0 Å². The van der Waals surface area contributed by atoms with Crippen molar-refractivity contribution >= 4 is 0 Å². The lowest BCUT2D eigenvalue weighted by molar-refractivity contribution is 0.396. The second-order valence-corrected chi connectivity index (χ2v) is 4.33. The van der Waals surface area contributed by atoms with Crippen molar-refractivity contribution in [2.24, 2.45) is 5.41 Å². The van der Waals surface area contributed by atoms with Crippen molar-refractivity contribution in [1.82, 2.24) is 4.90 Å². The Morgan fingerprint density at radius 1 is 1.45 bits per heavy atom. The summed E-state index contributed by atoms with van der Waals surface area (Å²) in [5.74, 6) is 0. The van der Waals surface area contributed by atoms with Gasteiger partial charge in [0.2, 0.25) is 0 Å². The molecule has 0 aromatic rings. The van der Waals surface area contributed by atoms with E-state index in [-0.39, 0.29) is 0 Å². The molecule has 3 aliphatic rings. The van der Waals surface area contributed by atoms with Gasteiger partial charge >= 0.3 is 0 Å². The quantitative estimate of drug-likeness (QED) is 0.506. The van der Waals surface area contributed by atoms with Gasteiger partial charge in [0, 0.05) is 18.8 Å². The Morgan fingerprint density at radius 3 is 2.91 bits per heavy atom. The average molecular weight is 147 g/mol. The molecule has 0 unspecified atom stereocenters. The molecule has 0 aromatic heterocycles. The van der Waals surface area contributed by atoms with E-state index in [4.69, 9.17) is 0 Å². The second-order valence-electron chi connectivity index (χ2n) is 4.33. The van der Waals surface area contributed by atoms with Crippen LogP contribution in [0.4, 0.5) is 0 Å². The van der Waals surface area contributed by atoms with Gasteiger partial charge in [0.05, 0.1) is 0 Å². The topological polar surface area (TPSA) is 3.24 Å². The fourth-order valence-corrected chi connectivity index (χ4v) is 2.40. The van der Waals surface area contributed by atoms with E-state index in [1.165, 1.54) is 31.4 Å². The molecule has 0 amide bonds. The number of rotatable bonds is 0. The molecular weight excluding hydrogens is 134 g/mol. The number of hydrogen-bond donors (Lipinski definition) is 0. The number of fused-ring (bicyclic) bond motifs is 1. The Labute approximate surface area is 67.4 Å². The first-order valence-corrected chi connectivity index (χ1v) is 4.41. The molecule has 0 N–H and O–H groups in total. The minimum atomic E-state index is 0.743. The van der Waals surface area contributed by atoms with Crippen LogP contribution in [-0.4, -0.2) is 18.0 Å². The van der Waals surface area contributed by atoms with Crippen LogP contribution in [0, 0.1) is 5.41 Å². The van der Waals surface area contributed by atoms with E-state index in [0.717, 1.165) is 12.0 Å². The van der Waals surface area contributed by atoms with Crippen LogP contribution < -0.4 is 0 Å². The maximum atomic E-state index is 3.99. The summed E-state index contributed by atoms with van der Waals surface area (Å²) in [6.07, 6.45) is 6.56. The molecule has 1 saturated heterocycles. The molecular formula is C10H13N. The van der Waals surface area contributed by atoms with Crippen molar-refractivity contribution in [2.45, 2.75) is 19.3 Å². The van der Waals surface area contributed by atoms with Crippen LogP contribution in [0.3, 0.4) is 0 Å². The van der Waals surface area contributed by atoms with Gasteiger partial charge in [-0.25, -0.2) is 0 Å². The predicted octanol–water partition coefficient (Wildman–Crippen LogP) is 1.93. The zero-order chi connectivity index (χ0) is 7.47. The molecule has 1 aliphatic carbocycles. The smallest absolute Gasteiger partial charge is 0.0421 e. The van der Waals surface area contributed by atoms with E-state index >= 15 is 0 Å². The zero-order valence-corrected chi connectivity index (χ0v) is 6.77. The fourth-order valence-electron chi connectivity index (χ4n) is 2.40. The number of allylic oxidation sites excluding steroid dienone is 1. The first kappa shape index (κ1) is 5.87. The highest BCUT2D eigenvalue weighted by molar-refractivity contribution is 5.34. The summed E-state index contributed by atoms with van der Waals surface area (Å²) >= 11 is 0. The van der Waals surface area contributed by atoms with E-state index in [2.05, 4.69) is 17.6 Å². The van der Waals surface area contributed by atoms with Crippen molar-refractivity contribution < 1.29 is 0 Å². The molecule has 0 aromatic carbocycles. The van der Waals surface area contributed by atoms with Crippen LogP contribution in [0.5, 0.6) is 0 Å². The van der Waals surface area contributed by atoms with E-state index in [1.54, 1.807) is 5.70 Å². The van der Waals surface area contributed by atoms with Crippen LogP contribution in [0.2, 0.25) is 0 Å². The second kappa shape index (κ2) is 1.55. The largest absolute Gasteiger partial charge is 0.370 e. The van der Waals surface area contributed by atoms with Gasteiger partial charge in [-0.2, -0.15) is 0 Å². The summed E-state index contributed by atoms with van der Waals surface area (Å²) in [6.45, 7) is 6.41. The Bertz CT molecular complexity index is 258. The number of nitrogens with zero attached hydrogens (tertiary/aromatic N) is 1. The van der Waals surface area contributed by atoms with Crippen molar-refractivity contribution in [1.29, 1.82) is 0 Å². The Kier molecular flexibility index (Phi) is 0.826. The minimum Gasteiger partial charge on any atom is -0.370 e. The fraction of sp³-hybridized carbons (Fsp3) is 0.600. The highest BCUT2D eigenvalue weighted by atomic mass is 15.2. The summed E-state index contributed by atoms with van der Waals surface area (Å²) in [6, 6.07) is 0. The van der Waals surface area contributed by atoms with Crippen LogP contribution >= 0.6 is 0 Å². The van der Waals surface area contributed by atoms with Gasteiger partial charge < -0.3 is 4.90 Å². The molecule has 58 valence electrons. The molecule has 1 nitrogen and oxygen atoms in total. The average Bonchev–Trinajstić information content (AvgIpc) is 2.44. The molecule has 0 bridgehead atoms. The highest BCUT2D eigenvalue weighted by Gasteiger charge is 2.50. The van der Waals surface area contributed by atoms with Gasteiger partial charge in [0.25, 0.3) is 0 Å². The van der Waals surface area contributed by atoms with Gasteiger partial charge in [-0.1, -0.05) is 6.58 Å². The Balaban J connectivity index is 1.93. The summed E-state index contributed by atoms with van der Waals surface area (Å²) in [7, 11) is 0. The zero-order valence-electron chi connectivity index (χ0n) is 6.77. The third kappa shape index (κ3) is 0.712. The van der Waals surface area contributed by atoms with E-state index in [9.17, 15) is 0 Å². The molecule has 2 heterocycles. The Hall–Kier alpha value is -0.720. The molecule has 1 saturated carbocycles. The Morgan fingerprint density at radius 2 is 2.27 bits per heavy atom. The van der Waals surface area contributed by atoms with Gasteiger partial charge in [0.15, 0.2) is 0 Å². The van der Waals surface area contributed by atoms with E-state index < -0.39 is 0 Å². The summed E-state index contributed by atoms with van der Waals surface area (Å²) < 4.78 is 0. The first-order valence-electron chi connectivity index (χ1n) is 4.41. The van der Waals surface area contributed by atoms with Crippen LogP contribution in [-0.2, 0) is 0 Å². The molecule has 0 radical (unpaired) electrons. The van der Waals surface area contributed by atoms with Crippen LogP contribution in [0.15, 0.2) is 23.9 Å². The van der Waals surface area contributed by atoms with Crippen molar-refractivity contribution in [3.8, 4) is 0 Å². The van der Waals surface area contributed by atoms with Crippen LogP contribution in [0.1, 0.15) is 19.3 Å². The molecule has 0 atom stereocenters. The lowest BCUT2D eigenvalue weighted by Crippen LogP contribution is -2.17. The van der Waals surface area contributed by atoms with Crippen LogP contribution in [0.25, 0.3) is 0 Å². The van der Waals surface area contributed by atoms with Gasteiger partial charge in [0.1, 0.15) is 0 Å². The molecule has 3 rings (SSSR count).